The third-order valence-electron chi connectivity index (χ3n) is 3.85. The lowest BCUT2D eigenvalue weighted by Crippen LogP contribution is -2.13. The van der Waals surface area contributed by atoms with Gasteiger partial charge in [-0.15, -0.1) is 0 Å². The summed E-state index contributed by atoms with van der Waals surface area (Å²) in [5.41, 5.74) is 1.06. The molecule has 1 aromatic carbocycles. The van der Waals surface area contributed by atoms with Crippen LogP contribution in [0.5, 0.6) is 5.75 Å². The number of benzene rings is 1. The Hall–Kier alpha value is -1.61. The van der Waals surface area contributed by atoms with E-state index >= 15 is 0 Å². The molecule has 0 aliphatic rings. The van der Waals surface area contributed by atoms with Gasteiger partial charge in [-0.3, -0.25) is 0 Å². The molecule has 0 aliphatic carbocycles. The number of para-hydroxylation sites is 1. The van der Waals surface area contributed by atoms with E-state index < -0.39 is 5.97 Å². The van der Waals surface area contributed by atoms with Crippen LogP contribution in [-0.4, -0.2) is 18.7 Å². The van der Waals surface area contributed by atoms with E-state index in [-0.39, 0.29) is 0 Å². The van der Waals surface area contributed by atoms with E-state index in [0.29, 0.717) is 11.9 Å². The van der Waals surface area contributed by atoms with Crippen LogP contribution in [0.4, 0.5) is 0 Å². The lowest BCUT2D eigenvalue weighted by Gasteiger charge is -2.17. The van der Waals surface area contributed by atoms with E-state index in [1.165, 1.54) is 25.3 Å². The van der Waals surface area contributed by atoms with Crippen molar-refractivity contribution >= 4 is 5.97 Å². The van der Waals surface area contributed by atoms with Crippen molar-refractivity contribution in [3.8, 4) is 5.75 Å². The highest BCUT2D eigenvalue weighted by molar-refractivity contribution is 5.83. The zero-order valence-electron chi connectivity index (χ0n) is 14.6. The molecular weight excluding hydrogens is 288 g/mol. The van der Waals surface area contributed by atoms with Gasteiger partial charge in [0.1, 0.15) is 5.75 Å². The first-order valence-electron chi connectivity index (χ1n) is 8.75. The van der Waals surface area contributed by atoms with Gasteiger partial charge in [-0.2, -0.15) is 0 Å². The number of ether oxygens (including phenoxy) is 2. The average molecular weight is 318 g/mol. The molecule has 1 rings (SSSR count). The van der Waals surface area contributed by atoms with Crippen molar-refractivity contribution in [3.63, 3.8) is 0 Å². The van der Waals surface area contributed by atoms with Crippen LogP contribution in [0.15, 0.2) is 36.9 Å². The summed E-state index contributed by atoms with van der Waals surface area (Å²) in [5, 5.41) is 0. The summed E-state index contributed by atoms with van der Waals surface area (Å²) >= 11 is 0. The van der Waals surface area contributed by atoms with Gasteiger partial charge in [-0.1, -0.05) is 51.0 Å². The second-order valence-corrected chi connectivity index (χ2v) is 5.70. The van der Waals surface area contributed by atoms with Crippen LogP contribution < -0.4 is 4.74 Å². The van der Waals surface area contributed by atoms with E-state index in [0.717, 1.165) is 37.9 Å². The van der Waals surface area contributed by atoms with E-state index in [4.69, 9.17) is 9.47 Å². The minimum atomic E-state index is -0.413. The molecule has 3 nitrogen and oxygen atoms in total. The van der Waals surface area contributed by atoms with E-state index in [9.17, 15) is 4.79 Å². The van der Waals surface area contributed by atoms with Gasteiger partial charge in [0.2, 0.25) is 0 Å². The third kappa shape index (κ3) is 7.98. The molecule has 1 aromatic rings. The summed E-state index contributed by atoms with van der Waals surface area (Å²) in [6.07, 6.45) is 9.36. The molecule has 0 heterocycles. The normalized spacial score (nSPS) is 11.9. The molecular formula is C20H30O3. The fourth-order valence-corrected chi connectivity index (χ4v) is 2.65. The molecule has 1 unspecified atom stereocenters. The molecule has 23 heavy (non-hydrogen) atoms. The second-order valence-electron chi connectivity index (χ2n) is 5.70. The van der Waals surface area contributed by atoms with Crippen LogP contribution in [0, 0.1) is 0 Å². The zero-order valence-corrected chi connectivity index (χ0v) is 14.6. The van der Waals surface area contributed by atoms with Crippen molar-refractivity contribution in [3.05, 3.63) is 42.5 Å². The first-order chi connectivity index (χ1) is 11.2. The van der Waals surface area contributed by atoms with E-state index in [2.05, 4.69) is 20.4 Å². The minimum Gasteiger partial charge on any atom is -0.423 e. The molecule has 0 bridgehead atoms. The molecule has 0 saturated heterocycles. The van der Waals surface area contributed by atoms with Crippen LogP contribution in [0.25, 0.3) is 0 Å². The van der Waals surface area contributed by atoms with Crippen LogP contribution in [0.2, 0.25) is 0 Å². The second kappa shape index (κ2) is 11.9. The Balaban J connectivity index is 2.49. The summed E-state index contributed by atoms with van der Waals surface area (Å²) in [4.78, 5) is 11.4. The Morgan fingerprint density at radius 1 is 1.17 bits per heavy atom. The largest absolute Gasteiger partial charge is 0.423 e. The lowest BCUT2D eigenvalue weighted by atomic mass is 10.0. The molecule has 0 N–H and O–H groups in total. The SMILES string of the molecule is C=CC(=O)Oc1ccccc1CCCC(CCCCC)OCC. The van der Waals surface area contributed by atoms with Crippen molar-refractivity contribution in [1.82, 2.24) is 0 Å². The van der Waals surface area contributed by atoms with Crippen molar-refractivity contribution in [2.45, 2.75) is 64.9 Å². The number of hydrogen-bond acceptors (Lipinski definition) is 3. The first kappa shape index (κ1) is 19.4. The van der Waals surface area contributed by atoms with Gasteiger partial charge in [0, 0.05) is 12.7 Å². The first-order valence-corrected chi connectivity index (χ1v) is 8.75. The van der Waals surface area contributed by atoms with Gasteiger partial charge in [0.25, 0.3) is 0 Å². The van der Waals surface area contributed by atoms with Crippen molar-refractivity contribution in [2.75, 3.05) is 6.61 Å². The number of carbonyl (C=O) groups excluding carboxylic acids is 1. The number of unbranched alkanes of at least 4 members (excludes halogenated alkanes) is 2. The Morgan fingerprint density at radius 2 is 1.91 bits per heavy atom. The topological polar surface area (TPSA) is 35.5 Å². The van der Waals surface area contributed by atoms with Crippen molar-refractivity contribution in [1.29, 1.82) is 0 Å². The highest BCUT2D eigenvalue weighted by atomic mass is 16.5. The molecule has 1 atom stereocenters. The molecule has 128 valence electrons. The molecule has 0 spiro atoms. The number of hydrogen-bond donors (Lipinski definition) is 0. The predicted molar refractivity (Wildman–Crippen MR) is 94.8 cm³/mol. The van der Waals surface area contributed by atoms with Gasteiger partial charge in [0.15, 0.2) is 0 Å². The van der Waals surface area contributed by atoms with Crippen LogP contribution in [0.1, 0.15) is 57.9 Å². The maximum Gasteiger partial charge on any atom is 0.335 e. The van der Waals surface area contributed by atoms with Gasteiger partial charge >= 0.3 is 5.97 Å². The molecule has 0 aliphatic heterocycles. The predicted octanol–water partition coefficient (Wildman–Crippen LogP) is 5.09. The summed E-state index contributed by atoms with van der Waals surface area (Å²) in [6.45, 7) is 8.48. The van der Waals surface area contributed by atoms with Gasteiger partial charge in [-0.05, 0) is 44.2 Å². The fourth-order valence-electron chi connectivity index (χ4n) is 2.65. The molecule has 0 saturated carbocycles. The number of esters is 1. The Morgan fingerprint density at radius 3 is 2.61 bits per heavy atom. The Labute approximate surface area is 140 Å². The molecule has 3 heteroatoms. The fraction of sp³-hybridized carbons (Fsp3) is 0.550. The monoisotopic (exact) mass is 318 g/mol. The quantitative estimate of drug-likeness (QED) is 0.233. The summed E-state index contributed by atoms with van der Waals surface area (Å²) in [6, 6.07) is 7.70. The molecule has 0 radical (unpaired) electrons. The van der Waals surface area contributed by atoms with Crippen LogP contribution in [-0.2, 0) is 16.0 Å². The maximum atomic E-state index is 11.4. The van der Waals surface area contributed by atoms with Crippen LogP contribution >= 0.6 is 0 Å². The van der Waals surface area contributed by atoms with Gasteiger partial charge < -0.3 is 9.47 Å². The summed E-state index contributed by atoms with van der Waals surface area (Å²) in [5.74, 6) is 0.223. The minimum absolute atomic E-state index is 0.342. The van der Waals surface area contributed by atoms with Crippen LogP contribution in [0.3, 0.4) is 0 Å². The number of rotatable bonds is 12. The Bertz CT molecular complexity index is 468. The third-order valence-corrected chi connectivity index (χ3v) is 3.85. The molecule has 0 amide bonds. The lowest BCUT2D eigenvalue weighted by molar-refractivity contribution is -0.129. The highest BCUT2D eigenvalue weighted by Gasteiger charge is 2.10. The standard InChI is InChI=1S/C20H30O3/c1-4-7-8-14-18(22-6-3)15-11-13-17-12-9-10-16-19(17)23-20(21)5-2/h5,9-10,12,16,18H,2,4,6-8,11,13-15H2,1,3H3. The van der Waals surface area contributed by atoms with Crippen molar-refractivity contribution < 1.29 is 14.3 Å². The molecule has 0 fully saturated rings. The van der Waals surface area contributed by atoms with E-state index in [1.54, 1.807) is 0 Å². The zero-order chi connectivity index (χ0) is 16.9. The average Bonchev–Trinajstić information content (AvgIpc) is 2.56. The van der Waals surface area contributed by atoms with Crippen molar-refractivity contribution in [2.24, 2.45) is 0 Å². The van der Waals surface area contributed by atoms with E-state index in [1.807, 2.05) is 24.3 Å². The Kier molecular flexibility index (Phi) is 10.0. The number of aryl methyl sites for hydroxylation is 1. The van der Waals surface area contributed by atoms with Gasteiger partial charge in [-0.25, -0.2) is 4.79 Å². The summed E-state index contributed by atoms with van der Waals surface area (Å²) in [7, 11) is 0. The van der Waals surface area contributed by atoms with Gasteiger partial charge in [0.05, 0.1) is 6.10 Å². The molecule has 0 aromatic heterocycles. The maximum absolute atomic E-state index is 11.4. The highest BCUT2D eigenvalue weighted by Crippen LogP contribution is 2.22. The number of carbonyl (C=O) groups is 1. The summed E-state index contributed by atoms with van der Waals surface area (Å²) < 4.78 is 11.1. The smallest absolute Gasteiger partial charge is 0.335 e.